The van der Waals surface area contributed by atoms with Gasteiger partial charge in [-0.25, -0.2) is 4.79 Å². The summed E-state index contributed by atoms with van der Waals surface area (Å²) in [5, 5.41) is 29.0. The number of carbonyl (C=O) groups excluding carboxylic acids is 2. The number of aliphatic carboxylic acids is 3. The SMILES string of the molecule is CCCN=C(N)N.O=C(O)CNC(=O)CC(=O)N[C@H](CC(=O)O)C(=O)O. The highest BCUT2D eigenvalue weighted by molar-refractivity contribution is 5.99. The van der Waals surface area contributed by atoms with Crippen molar-refractivity contribution < 1.29 is 39.3 Å². The smallest absolute Gasteiger partial charge is 0.326 e. The van der Waals surface area contributed by atoms with Crippen LogP contribution in [0.15, 0.2) is 4.99 Å². The summed E-state index contributed by atoms with van der Waals surface area (Å²) in [6.45, 7) is 2.08. The third-order valence-corrected chi connectivity index (χ3v) is 2.29. The number of guanidine groups is 1. The number of carboxylic acids is 3. The van der Waals surface area contributed by atoms with Gasteiger partial charge in [0.25, 0.3) is 0 Å². The van der Waals surface area contributed by atoms with Gasteiger partial charge in [0, 0.05) is 6.54 Å². The third-order valence-electron chi connectivity index (χ3n) is 2.29. The molecule has 0 radical (unpaired) electrons. The largest absolute Gasteiger partial charge is 0.481 e. The molecule has 148 valence electrons. The van der Waals surface area contributed by atoms with Crippen molar-refractivity contribution in [1.29, 1.82) is 0 Å². The normalized spacial score (nSPS) is 10.3. The number of aliphatic imine (C=N–C) groups is 1. The van der Waals surface area contributed by atoms with E-state index in [-0.39, 0.29) is 5.96 Å². The van der Waals surface area contributed by atoms with Gasteiger partial charge >= 0.3 is 17.9 Å². The van der Waals surface area contributed by atoms with Crippen molar-refractivity contribution in [2.45, 2.75) is 32.2 Å². The van der Waals surface area contributed by atoms with E-state index >= 15 is 0 Å². The van der Waals surface area contributed by atoms with E-state index in [1.807, 2.05) is 17.6 Å². The number of carboxylic acid groups (broad SMARTS) is 3. The zero-order valence-electron chi connectivity index (χ0n) is 14.1. The molecule has 0 unspecified atom stereocenters. The summed E-state index contributed by atoms with van der Waals surface area (Å²) in [5.41, 5.74) is 10.0. The molecule has 0 spiro atoms. The third kappa shape index (κ3) is 17.0. The van der Waals surface area contributed by atoms with Crippen LogP contribution in [-0.4, -0.2) is 70.1 Å². The summed E-state index contributed by atoms with van der Waals surface area (Å²) in [5.74, 6) is -6.04. The number of nitrogens with one attached hydrogen (secondary N) is 2. The second kappa shape index (κ2) is 14.0. The molecule has 0 rings (SSSR count). The van der Waals surface area contributed by atoms with Gasteiger partial charge in [0.1, 0.15) is 19.0 Å². The Morgan fingerprint density at radius 1 is 1.00 bits per heavy atom. The summed E-state index contributed by atoms with van der Waals surface area (Å²) in [4.78, 5) is 57.0. The maximum absolute atomic E-state index is 11.2. The maximum atomic E-state index is 11.2. The lowest BCUT2D eigenvalue weighted by Crippen LogP contribution is -2.44. The minimum absolute atomic E-state index is 0.182. The van der Waals surface area contributed by atoms with Gasteiger partial charge in [0.05, 0.1) is 6.42 Å². The van der Waals surface area contributed by atoms with Crippen molar-refractivity contribution >= 4 is 35.7 Å². The van der Waals surface area contributed by atoms with Crippen LogP contribution < -0.4 is 22.1 Å². The Hall–Kier alpha value is -3.38. The summed E-state index contributed by atoms with van der Waals surface area (Å²) >= 11 is 0. The van der Waals surface area contributed by atoms with E-state index in [9.17, 15) is 24.0 Å². The lowest BCUT2D eigenvalue weighted by molar-refractivity contribution is -0.147. The van der Waals surface area contributed by atoms with E-state index in [1.165, 1.54) is 0 Å². The fourth-order valence-corrected chi connectivity index (χ4v) is 1.24. The molecule has 0 aliphatic carbocycles. The molecule has 0 aliphatic heterocycles. The molecule has 0 heterocycles. The molecule has 0 bridgehead atoms. The molecule has 0 fully saturated rings. The van der Waals surface area contributed by atoms with Gasteiger partial charge in [-0.15, -0.1) is 0 Å². The number of hydrogen-bond donors (Lipinski definition) is 7. The van der Waals surface area contributed by atoms with E-state index in [4.69, 9.17) is 26.8 Å². The van der Waals surface area contributed by atoms with Crippen LogP contribution in [0.2, 0.25) is 0 Å². The van der Waals surface area contributed by atoms with Gasteiger partial charge in [0.2, 0.25) is 11.8 Å². The number of nitrogens with zero attached hydrogens (tertiary/aromatic N) is 1. The monoisotopic (exact) mass is 377 g/mol. The number of carbonyl (C=O) groups is 5. The van der Waals surface area contributed by atoms with Crippen molar-refractivity contribution in [3.05, 3.63) is 0 Å². The number of amides is 2. The first-order chi connectivity index (χ1) is 12.0. The Morgan fingerprint density at radius 3 is 1.92 bits per heavy atom. The first-order valence-corrected chi connectivity index (χ1v) is 7.27. The van der Waals surface area contributed by atoms with Gasteiger partial charge in [-0.2, -0.15) is 0 Å². The molecule has 2 amide bonds. The lowest BCUT2D eigenvalue weighted by Gasteiger charge is -2.11. The highest BCUT2D eigenvalue weighted by atomic mass is 16.4. The first kappa shape index (κ1) is 24.9. The van der Waals surface area contributed by atoms with Crippen LogP contribution in [0.1, 0.15) is 26.2 Å². The van der Waals surface area contributed by atoms with Crippen LogP contribution >= 0.6 is 0 Å². The fourth-order valence-electron chi connectivity index (χ4n) is 1.24. The van der Waals surface area contributed by atoms with Crippen molar-refractivity contribution in [1.82, 2.24) is 10.6 Å². The molecule has 9 N–H and O–H groups in total. The molecule has 0 aromatic rings. The summed E-state index contributed by atoms with van der Waals surface area (Å²) in [6.07, 6.45) is -0.633. The topological polar surface area (TPSA) is 234 Å². The van der Waals surface area contributed by atoms with Crippen LogP contribution in [0.3, 0.4) is 0 Å². The van der Waals surface area contributed by atoms with Gasteiger partial charge in [-0.3, -0.25) is 24.2 Å². The van der Waals surface area contributed by atoms with Crippen LogP contribution in [0, 0.1) is 0 Å². The minimum Gasteiger partial charge on any atom is -0.481 e. The Balaban J connectivity index is 0. The number of nitrogens with two attached hydrogens (primary N) is 2. The van der Waals surface area contributed by atoms with E-state index in [1.54, 1.807) is 0 Å². The standard InChI is InChI=1S/C9H12N2O8.C4H11N3/c12-5(10-3-8(16)17)2-6(13)11-4(9(18)19)1-7(14)15;1-2-3-7-4(5)6/h4H,1-3H2,(H,10,12)(H,11,13)(H,14,15)(H,16,17)(H,18,19);2-3H2,1H3,(H4,5,6,7)/t4-;/m1./s1. The maximum Gasteiger partial charge on any atom is 0.326 e. The second-order valence-corrected chi connectivity index (χ2v) is 4.71. The Labute approximate surface area is 148 Å². The van der Waals surface area contributed by atoms with Crippen molar-refractivity contribution in [3.8, 4) is 0 Å². The Kier molecular flexibility index (Phi) is 13.4. The fraction of sp³-hybridized carbons (Fsp3) is 0.538. The molecule has 13 nitrogen and oxygen atoms in total. The average Bonchev–Trinajstić information content (AvgIpc) is 2.50. The van der Waals surface area contributed by atoms with Crippen LogP contribution in [0.25, 0.3) is 0 Å². The van der Waals surface area contributed by atoms with Gasteiger partial charge in [0.15, 0.2) is 5.96 Å². The van der Waals surface area contributed by atoms with E-state index in [0.717, 1.165) is 13.0 Å². The molecule has 13 heteroatoms. The van der Waals surface area contributed by atoms with Crippen LogP contribution in [-0.2, 0) is 24.0 Å². The molecule has 0 aliphatic rings. The predicted octanol–water partition coefficient (Wildman–Crippen LogP) is -2.71. The number of hydrogen-bond acceptors (Lipinski definition) is 6. The van der Waals surface area contributed by atoms with Crippen LogP contribution in [0.5, 0.6) is 0 Å². The molecule has 0 aromatic carbocycles. The molecule has 1 atom stereocenters. The van der Waals surface area contributed by atoms with Crippen molar-refractivity contribution in [2.75, 3.05) is 13.1 Å². The number of rotatable bonds is 10. The Bertz CT molecular complexity index is 545. The second-order valence-electron chi connectivity index (χ2n) is 4.71. The molecule has 26 heavy (non-hydrogen) atoms. The molecule has 0 saturated heterocycles. The molecule has 0 aromatic heterocycles. The van der Waals surface area contributed by atoms with E-state index < -0.39 is 55.2 Å². The first-order valence-electron chi connectivity index (χ1n) is 7.27. The zero-order chi connectivity index (χ0) is 20.7. The van der Waals surface area contributed by atoms with E-state index in [0.29, 0.717) is 0 Å². The average molecular weight is 377 g/mol. The van der Waals surface area contributed by atoms with Crippen molar-refractivity contribution in [2.24, 2.45) is 16.5 Å². The summed E-state index contributed by atoms with van der Waals surface area (Å²) in [6, 6.07) is -1.66. The highest BCUT2D eigenvalue weighted by Crippen LogP contribution is 1.94. The van der Waals surface area contributed by atoms with Gasteiger partial charge < -0.3 is 37.4 Å². The minimum atomic E-state index is -1.66. The Morgan fingerprint density at radius 2 is 1.58 bits per heavy atom. The summed E-state index contributed by atoms with van der Waals surface area (Å²) < 4.78 is 0. The zero-order valence-corrected chi connectivity index (χ0v) is 14.1. The lowest BCUT2D eigenvalue weighted by atomic mass is 10.2. The molecular formula is C13H23N5O8. The van der Waals surface area contributed by atoms with E-state index in [2.05, 4.69) is 4.99 Å². The summed E-state index contributed by atoms with van der Waals surface area (Å²) in [7, 11) is 0. The predicted molar refractivity (Wildman–Crippen MR) is 88.0 cm³/mol. The molecular weight excluding hydrogens is 354 g/mol. The van der Waals surface area contributed by atoms with Crippen molar-refractivity contribution in [3.63, 3.8) is 0 Å². The van der Waals surface area contributed by atoms with Gasteiger partial charge in [-0.05, 0) is 6.42 Å². The quantitative estimate of drug-likeness (QED) is 0.118. The van der Waals surface area contributed by atoms with Gasteiger partial charge in [-0.1, -0.05) is 6.92 Å². The highest BCUT2D eigenvalue weighted by Gasteiger charge is 2.23. The van der Waals surface area contributed by atoms with Crippen LogP contribution in [0.4, 0.5) is 0 Å². The molecule has 0 saturated carbocycles.